The third-order valence-electron chi connectivity index (χ3n) is 3.37. The molecule has 6 nitrogen and oxygen atoms in total. The van der Waals surface area contributed by atoms with Crippen molar-refractivity contribution in [3.63, 3.8) is 0 Å². The van der Waals surface area contributed by atoms with Crippen molar-refractivity contribution in [2.75, 3.05) is 37.6 Å². The van der Waals surface area contributed by atoms with Crippen LogP contribution in [0.5, 0.6) is 0 Å². The van der Waals surface area contributed by atoms with Crippen LogP contribution in [0.1, 0.15) is 6.92 Å². The number of benzene rings is 1. The number of nitrogens with zero attached hydrogens (tertiary/aromatic N) is 3. The summed E-state index contributed by atoms with van der Waals surface area (Å²) in [5, 5.41) is 15.4. The Hall–Kier alpha value is -1.60. The van der Waals surface area contributed by atoms with Crippen LogP contribution in [0.2, 0.25) is 5.02 Å². The molecule has 1 fully saturated rings. The van der Waals surface area contributed by atoms with E-state index in [0.717, 1.165) is 24.7 Å². The minimum Gasteiger partial charge on any atom is -0.363 e. The van der Waals surface area contributed by atoms with Crippen molar-refractivity contribution >= 4 is 40.3 Å². The van der Waals surface area contributed by atoms with Crippen LogP contribution in [0, 0.1) is 10.1 Å². The molecule has 0 bridgehead atoms. The van der Waals surface area contributed by atoms with E-state index >= 15 is 0 Å². The Bertz CT molecular complexity index is 547. The van der Waals surface area contributed by atoms with E-state index in [1.54, 1.807) is 12.1 Å². The maximum Gasteiger partial charge on any atom is 0.294 e. The second kappa shape index (κ2) is 6.91. The Labute approximate surface area is 133 Å². The average Bonchev–Trinajstić information content (AvgIpc) is 2.47. The molecule has 1 aromatic rings. The standard InChI is InChI=1S/C13H17ClN4O2S/c1-2-15-13(21)17-7-5-16(6-8-17)11-4-3-10(14)9-12(11)18(19)20/h3-4,9H,2,5-8H2,1H3,(H,15,21). The number of halogens is 1. The maximum absolute atomic E-state index is 11.2. The van der Waals surface area contributed by atoms with E-state index < -0.39 is 4.92 Å². The number of hydrogen-bond acceptors (Lipinski definition) is 4. The van der Waals surface area contributed by atoms with Crippen LogP contribution in [0.15, 0.2) is 18.2 Å². The van der Waals surface area contributed by atoms with Gasteiger partial charge < -0.3 is 15.1 Å². The summed E-state index contributed by atoms with van der Waals surface area (Å²) in [6, 6.07) is 4.78. The molecule has 0 amide bonds. The molecule has 1 saturated heterocycles. The first-order chi connectivity index (χ1) is 10.0. The Morgan fingerprint density at radius 1 is 1.43 bits per heavy atom. The number of thiocarbonyl (C=S) groups is 1. The molecule has 0 radical (unpaired) electrons. The molecule has 1 heterocycles. The molecule has 0 saturated carbocycles. The van der Waals surface area contributed by atoms with Gasteiger partial charge in [0.2, 0.25) is 0 Å². The molecule has 21 heavy (non-hydrogen) atoms. The summed E-state index contributed by atoms with van der Waals surface area (Å²) in [6.45, 7) is 5.65. The average molecular weight is 329 g/mol. The van der Waals surface area contributed by atoms with Crippen LogP contribution < -0.4 is 10.2 Å². The highest BCUT2D eigenvalue weighted by Crippen LogP contribution is 2.31. The molecule has 8 heteroatoms. The van der Waals surface area contributed by atoms with E-state index in [-0.39, 0.29) is 5.69 Å². The molecule has 1 aliphatic heterocycles. The topological polar surface area (TPSA) is 61.6 Å². The van der Waals surface area contributed by atoms with Crippen LogP contribution in [0.4, 0.5) is 11.4 Å². The molecule has 1 N–H and O–H groups in total. The summed E-state index contributed by atoms with van der Waals surface area (Å²) in [4.78, 5) is 14.8. The first kappa shape index (κ1) is 15.8. The van der Waals surface area contributed by atoms with Crippen molar-refractivity contribution in [2.24, 2.45) is 0 Å². The van der Waals surface area contributed by atoms with Gasteiger partial charge in [0.15, 0.2) is 5.11 Å². The molecular formula is C13H17ClN4O2S. The highest BCUT2D eigenvalue weighted by Gasteiger charge is 2.24. The fraction of sp³-hybridized carbons (Fsp3) is 0.462. The van der Waals surface area contributed by atoms with E-state index in [2.05, 4.69) is 10.2 Å². The van der Waals surface area contributed by atoms with Crippen molar-refractivity contribution < 1.29 is 4.92 Å². The zero-order valence-corrected chi connectivity index (χ0v) is 13.3. The van der Waals surface area contributed by atoms with Gasteiger partial charge >= 0.3 is 0 Å². The summed E-state index contributed by atoms with van der Waals surface area (Å²) in [7, 11) is 0. The summed E-state index contributed by atoms with van der Waals surface area (Å²) in [5.41, 5.74) is 0.656. The predicted molar refractivity (Wildman–Crippen MR) is 88.2 cm³/mol. The van der Waals surface area contributed by atoms with E-state index in [9.17, 15) is 10.1 Å². The second-order valence-corrected chi connectivity index (χ2v) is 5.52. The molecule has 0 unspecified atom stereocenters. The number of piperazine rings is 1. The van der Waals surface area contributed by atoms with Gasteiger partial charge in [0.25, 0.3) is 5.69 Å². The van der Waals surface area contributed by atoms with Gasteiger partial charge in [-0.15, -0.1) is 0 Å². The first-order valence-electron chi connectivity index (χ1n) is 6.74. The Morgan fingerprint density at radius 2 is 2.10 bits per heavy atom. The van der Waals surface area contributed by atoms with Gasteiger partial charge in [-0.2, -0.15) is 0 Å². The monoisotopic (exact) mass is 328 g/mol. The van der Waals surface area contributed by atoms with Gasteiger partial charge in [-0.25, -0.2) is 0 Å². The molecule has 1 aliphatic rings. The molecule has 1 aromatic carbocycles. The maximum atomic E-state index is 11.2. The summed E-state index contributed by atoms with van der Waals surface area (Å²) >= 11 is 11.1. The highest BCUT2D eigenvalue weighted by molar-refractivity contribution is 7.80. The van der Waals surface area contributed by atoms with Crippen molar-refractivity contribution in [3.8, 4) is 0 Å². The van der Waals surface area contributed by atoms with Crippen LogP contribution in [0.3, 0.4) is 0 Å². The fourth-order valence-corrected chi connectivity index (χ4v) is 2.82. The molecule has 2 rings (SSSR count). The van der Waals surface area contributed by atoms with Gasteiger partial charge in [0.05, 0.1) is 4.92 Å². The summed E-state index contributed by atoms with van der Waals surface area (Å²) in [5.74, 6) is 0. The number of nitrogens with one attached hydrogen (secondary N) is 1. The van der Waals surface area contributed by atoms with Crippen molar-refractivity contribution in [2.45, 2.75) is 6.92 Å². The quantitative estimate of drug-likeness (QED) is 0.522. The van der Waals surface area contributed by atoms with E-state index in [1.807, 2.05) is 11.8 Å². The number of hydrogen-bond donors (Lipinski definition) is 1. The highest BCUT2D eigenvalue weighted by atomic mass is 35.5. The van der Waals surface area contributed by atoms with E-state index in [1.165, 1.54) is 6.07 Å². The minimum absolute atomic E-state index is 0.0465. The number of nitro groups is 1. The molecule has 0 aliphatic carbocycles. The van der Waals surface area contributed by atoms with Gasteiger partial charge in [-0.3, -0.25) is 10.1 Å². The normalized spacial score (nSPS) is 15.0. The molecule has 0 spiro atoms. The summed E-state index contributed by atoms with van der Waals surface area (Å²) < 4.78 is 0. The van der Waals surface area contributed by atoms with Crippen LogP contribution in [-0.2, 0) is 0 Å². The Morgan fingerprint density at radius 3 is 2.67 bits per heavy atom. The van der Waals surface area contributed by atoms with Gasteiger partial charge in [-0.05, 0) is 31.3 Å². The van der Waals surface area contributed by atoms with E-state index in [0.29, 0.717) is 23.8 Å². The van der Waals surface area contributed by atoms with Crippen LogP contribution in [-0.4, -0.2) is 47.7 Å². The first-order valence-corrected chi connectivity index (χ1v) is 7.53. The molecule has 0 atom stereocenters. The summed E-state index contributed by atoms with van der Waals surface area (Å²) in [6.07, 6.45) is 0. The second-order valence-electron chi connectivity index (χ2n) is 4.70. The lowest BCUT2D eigenvalue weighted by atomic mass is 10.2. The van der Waals surface area contributed by atoms with Crippen LogP contribution in [0.25, 0.3) is 0 Å². The smallest absolute Gasteiger partial charge is 0.294 e. The predicted octanol–water partition coefficient (Wildman–Crippen LogP) is 2.26. The zero-order valence-electron chi connectivity index (χ0n) is 11.7. The lowest BCUT2D eigenvalue weighted by molar-refractivity contribution is -0.384. The lowest BCUT2D eigenvalue weighted by Gasteiger charge is -2.37. The van der Waals surface area contributed by atoms with Crippen molar-refractivity contribution in [1.29, 1.82) is 0 Å². The Balaban J connectivity index is 2.09. The largest absolute Gasteiger partial charge is 0.363 e. The minimum atomic E-state index is -0.392. The van der Waals surface area contributed by atoms with Crippen LogP contribution >= 0.6 is 23.8 Å². The number of rotatable bonds is 3. The Kier molecular flexibility index (Phi) is 5.19. The number of anilines is 1. The third-order valence-corrected chi connectivity index (χ3v) is 4.01. The van der Waals surface area contributed by atoms with Gasteiger partial charge in [0, 0.05) is 43.8 Å². The zero-order chi connectivity index (χ0) is 15.4. The van der Waals surface area contributed by atoms with E-state index in [4.69, 9.17) is 23.8 Å². The van der Waals surface area contributed by atoms with Crippen molar-refractivity contribution in [1.82, 2.24) is 10.2 Å². The lowest BCUT2D eigenvalue weighted by Crippen LogP contribution is -2.51. The number of nitro benzene ring substituents is 1. The van der Waals surface area contributed by atoms with Gasteiger partial charge in [0.1, 0.15) is 5.69 Å². The molecular weight excluding hydrogens is 312 g/mol. The molecule has 114 valence electrons. The fourth-order valence-electron chi connectivity index (χ4n) is 2.32. The van der Waals surface area contributed by atoms with Gasteiger partial charge in [-0.1, -0.05) is 11.6 Å². The van der Waals surface area contributed by atoms with Crippen molar-refractivity contribution in [3.05, 3.63) is 33.3 Å². The SMILES string of the molecule is CCNC(=S)N1CCN(c2ccc(Cl)cc2[N+](=O)[O-])CC1. The third kappa shape index (κ3) is 3.74. The molecule has 0 aromatic heterocycles.